The third-order valence-corrected chi connectivity index (χ3v) is 2.88. The van der Waals surface area contributed by atoms with Gasteiger partial charge in [-0.05, 0) is 31.2 Å². The monoisotopic (exact) mass is 340 g/mol. The van der Waals surface area contributed by atoms with Gasteiger partial charge in [-0.15, -0.1) is 0 Å². The third-order valence-electron chi connectivity index (χ3n) is 2.39. The second-order valence-electron chi connectivity index (χ2n) is 4.00. The Kier molecular flexibility index (Phi) is 6.79. The lowest BCUT2D eigenvalue weighted by Crippen LogP contribution is -2.40. The van der Waals surface area contributed by atoms with E-state index in [4.69, 9.17) is 4.74 Å². The molecule has 2 N–H and O–H groups in total. The van der Waals surface area contributed by atoms with E-state index >= 15 is 0 Å². The number of benzene rings is 1. The first-order valence-corrected chi connectivity index (χ1v) is 6.92. The lowest BCUT2D eigenvalue weighted by molar-refractivity contribution is -0.127. The molecule has 0 saturated carbocycles. The summed E-state index contributed by atoms with van der Waals surface area (Å²) >= 11 is 3.33. The number of hydrogen-bond donors (Lipinski definition) is 2. The van der Waals surface area contributed by atoms with Crippen molar-refractivity contribution in [2.45, 2.75) is 13.0 Å². The summed E-state index contributed by atoms with van der Waals surface area (Å²) in [4.78, 5) is 22.7. The van der Waals surface area contributed by atoms with Gasteiger partial charge in [0.05, 0.1) is 0 Å². The molecule has 5 nitrogen and oxygen atoms in total. The van der Waals surface area contributed by atoms with Gasteiger partial charge in [-0.2, -0.15) is 0 Å². The quantitative estimate of drug-likeness (QED) is 0.585. The van der Waals surface area contributed by atoms with Gasteiger partial charge in [0, 0.05) is 17.6 Å². The number of rotatable bonds is 7. The van der Waals surface area contributed by atoms with Crippen molar-refractivity contribution < 1.29 is 14.3 Å². The lowest BCUT2D eigenvalue weighted by Gasteiger charge is -2.15. The smallest absolute Gasteiger partial charge is 0.260 e. The maximum absolute atomic E-state index is 11.8. The molecule has 1 aromatic rings. The van der Waals surface area contributed by atoms with Gasteiger partial charge in [0.15, 0.2) is 6.10 Å². The van der Waals surface area contributed by atoms with E-state index in [1.165, 1.54) is 6.08 Å². The van der Waals surface area contributed by atoms with Gasteiger partial charge in [0.25, 0.3) is 5.91 Å². The van der Waals surface area contributed by atoms with E-state index in [-0.39, 0.29) is 11.8 Å². The molecule has 108 valence electrons. The van der Waals surface area contributed by atoms with Crippen LogP contribution in [0, 0.1) is 0 Å². The van der Waals surface area contributed by atoms with Crippen LogP contribution in [0.3, 0.4) is 0 Å². The maximum atomic E-state index is 11.8. The molecule has 6 heteroatoms. The maximum Gasteiger partial charge on any atom is 0.260 e. The number of halogens is 1. The predicted molar refractivity (Wildman–Crippen MR) is 80.4 cm³/mol. The summed E-state index contributed by atoms with van der Waals surface area (Å²) in [6, 6.07) is 7.27. The minimum atomic E-state index is -0.612. The number of amides is 2. The van der Waals surface area contributed by atoms with Crippen molar-refractivity contribution >= 4 is 27.7 Å². The molecule has 0 saturated heterocycles. The van der Waals surface area contributed by atoms with E-state index in [1.54, 1.807) is 19.1 Å². The first-order valence-electron chi connectivity index (χ1n) is 6.13. The Labute approximate surface area is 126 Å². The number of ether oxygens (including phenoxy) is 1. The van der Waals surface area contributed by atoms with Crippen molar-refractivity contribution in [3.63, 3.8) is 0 Å². The molecule has 0 fully saturated rings. The standard InChI is InChI=1S/C14H17BrN2O3/c1-3-13(18)16-7-8-17-14(19)10(2)20-12-6-4-5-11(15)9-12/h3-6,9-10H,1,7-8H2,2H3,(H,16,18)(H,17,19)/t10-/m0/s1. The van der Waals surface area contributed by atoms with Crippen LogP contribution in [0.1, 0.15) is 6.92 Å². The Morgan fingerprint density at radius 2 is 2.10 bits per heavy atom. The van der Waals surface area contributed by atoms with Crippen LogP contribution in [0.2, 0.25) is 0 Å². The molecule has 0 aromatic heterocycles. The highest BCUT2D eigenvalue weighted by Gasteiger charge is 2.13. The molecule has 20 heavy (non-hydrogen) atoms. The fourth-order valence-corrected chi connectivity index (χ4v) is 1.76. The second kappa shape index (κ2) is 8.37. The van der Waals surface area contributed by atoms with E-state index in [1.807, 2.05) is 12.1 Å². The number of carbonyl (C=O) groups excluding carboxylic acids is 2. The molecule has 1 aromatic carbocycles. The molecule has 0 heterocycles. The van der Waals surface area contributed by atoms with E-state index < -0.39 is 6.10 Å². The minimum Gasteiger partial charge on any atom is -0.481 e. The minimum absolute atomic E-state index is 0.238. The number of nitrogens with one attached hydrogen (secondary N) is 2. The van der Waals surface area contributed by atoms with Gasteiger partial charge < -0.3 is 15.4 Å². The highest BCUT2D eigenvalue weighted by Crippen LogP contribution is 2.18. The summed E-state index contributed by atoms with van der Waals surface area (Å²) < 4.78 is 6.39. The Morgan fingerprint density at radius 3 is 2.75 bits per heavy atom. The van der Waals surface area contributed by atoms with E-state index in [0.29, 0.717) is 18.8 Å². The zero-order chi connectivity index (χ0) is 15.0. The average molecular weight is 341 g/mol. The molecule has 0 bridgehead atoms. The first-order chi connectivity index (χ1) is 9.52. The van der Waals surface area contributed by atoms with Crippen molar-refractivity contribution in [1.29, 1.82) is 0 Å². The Hall–Kier alpha value is -1.82. The molecule has 0 aliphatic rings. The van der Waals surface area contributed by atoms with Crippen LogP contribution < -0.4 is 15.4 Å². The van der Waals surface area contributed by atoms with Gasteiger partial charge in [-0.1, -0.05) is 28.6 Å². The zero-order valence-corrected chi connectivity index (χ0v) is 12.8. The highest BCUT2D eigenvalue weighted by atomic mass is 79.9. The molecule has 2 amide bonds. The summed E-state index contributed by atoms with van der Waals surface area (Å²) in [6.07, 6.45) is 0.570. The number of carbonyl (C=O) groups is 2. The molecular formula is C14H17BrN2O3. The Balaban J connectivity index is 2.32. The van der Waals surface area contributed by atoms with Crippen LogP contribution in [-0.4, -0.2) is 31.0 Å². The SMILES string of the molecule is C=CC(=O)NCCNC(=O)[C@H](C)Oc1cccc(Br)c1. The van der Waals surface area contributed by atoms with Crippen LogP contribution in [0.25, 0.3) is 0 Å². The Morgan fingerprint density at radius 1 is 1.40 bits per heavy atom. The van der Waals surface area contributed by atoms with Crippen molar-refractivity contribution in [1.82, 2.24) is 10.6 Å². The van der Waals surface area contributed by atoms with Crippen LogP contribution in [0.4, 0.5) is 0 Å². The Bertz CT molecular complexity index is 491. The topological polar surface area (TPSA) is 67.4 Å². The van der Waals surface area contributed by atoms with Crippen molar-refractivity contribution in [3.8, 4) is 5.75 Å². The normalized spacial score (nSPS) is 11.3. The molecule has 0 aliphatic heterocycles. The molecule has 0 aliphatic carbocycles. The van der Waals surface area contributed by atoms with Crippen molar-refractivity contribution in [2.24, 2.45) is 0 Å². The van der Waals surface area contributed by atoms with Crippen LogP contribution in [0.15, 0.2) is 41.4 Å². The fraction of sp³-hybridized carbons (Fsp3) is 0.286. The van der Waals surface area contributed by atoms with Gasteiger partial charge in [-0.3, -0.25) is 9.59 Å². The van der Waals surface area contributed by atoms with E-state index in [2.05, 4.69) is 33.1 Å². The third kappa shape index (κ3) is 5.88. The van der Waals surface area contributed by atoms with Crippen LogP contribution >= 0.6 is 15.9 Å². The summed E-state index contributed by atoms with van der Waals surface area (Å²) in [5.74, 6) is 0.109. The van der Waals surface area contributed by atoms with Crippen LogP contribution in [0.5, 0.6) is 5.75 Å². The van der Waals surface area contributed by atoms with E-state index in [0.717, 1.165) is 4.47 Å². The average Bonchev–Trinajstić information content (AvgIpc) is 2.42. The van der Waals surface area contributed by atoms with E-state index in [9.17, 15) is 9.59 Å². The lowest BCUT2D eigenvalue weighted by atomic mass is 10.3. The van der Waals surface area contributed by atoms with Crippen LogP contribution in [-0.2, 0) is 9.59 Å². The number of hydrogen-bond acceptors (Lipinski definition) is 3. The molecule has 0 unspecified atom stereocenters. The van der Waals surface area contributed by atoms with Crippen molar-refractivity contribution in [2.75, 3.05) is 13.1 Å². The van der Waals surface area contributed by atoms with Gasteiger partial charge in [-0.25, -0.2) is 0 Å². The summed E-state index contributed by atoms with van der Waals surface area (Å²) in [5, 5.41) is 5.24. The second-order valence-corrected chi connectivity index (χ2v) is 4.92. The summed E-state index contributed by atoms with van der Waals surface area (Å²) in [5.41, 5.74) is 0. The molecule has 0 spiro atoms. The largest absolute Gasteiger partial charge is 0.481 e. The van der Waals surface area contributed by atoms with Gasteiger partial charge in [0.1, 0.15) is 5.75 Å². The summed E-state index contributed by atoms with van der Waals surface area (Å²) in [7, 11) is 0. The van der Waals surface area contributed by atoms with Gasteiger partial charge >= 0.3 is 0 Å². The van der Waals surface area contributed by atoms with Gasteiger partial charge in [0.2, 0.25) is 5.91 Å². The predicted octanol–water partition coefficient (Wildman–Crippen LogP) is 1.63. The molecule has 1 rings (SSSR count). The first kappa shape index (κ1) is 16.2. The molecule has 0 radical (unpaired) electrons. The molecule has 1 atom stereocenters. The zero-order valence-electron chi connectivity index (χ0n) is 11.2. The fourth-order valence-electron chi connectivity index (χ4n) is 1.39. The highest BCUT2D eigenvalue weighted by molar-refractivity contribution is 9.10. The summed E-state index contributed by atoms with van der Waals surface area (Å²) in [6.45, 7) is 5.68. The molecular weight excluding hydrogens is 324 g/mol. The van der Waals surface area contributed by atoms with Crippen molar-refractivity contribution in [3.05, 3.63) is 41.4 Å².